The van der Waals surface area contributed by atoms with Crippen molar-refractivity contribution in [3.05, 3.63) is 35.4 Å². The van der Waals surface area contributed by atoms with Gasteiger partial charge in [-0.25, -0.2) is 0 Å². The van der Waals surface area contributed by atoms with Crippen molar-refractivity contribution in [2.45, 2.75) is 45.6 Å². The van der Waals surface area contributed by atoms with Crippen LogP contribution in [0.25, 0.3) is 0 Å². The molecule has 1 N–H and O–H groups in total. The Morgan fingerprint density at radius 2 is 2.06 bits per heavy atom. The number of nitrogens with one attached hydrogen (secondary N) is 1. The van der Waals surface area contributed by atoms with Gasteiger partial charge in [-0.05, 0) is 49.8 Å². The van der Waals surface area contributed by atoms with Crippen molar-refractivity contribution in [3.63, 3.8) is 0 Å². The van der Waals surface area contributed by atoms with Gasteiger partial charge in [-0.1, -0.05) is 37.6 Å². The Labute approximate surface area is 99.3 Å². The first-order valence-corrected chi connectivity index (χ1v) is 6.55. The quantitative estimate of drug-likeness (QED) is 0.816. The molecule has 1 aromatic carbocycles. The Kier molecular flexibility index (Phi) is 4.00. The van der Waals surface area contributed by atoms with Crippen LogP contribution in [0.2, 0.25) is 0 Å². The molecular weight excluding hydrogens is 194 g/mol. The van der Waals surface area contributed by atoms with Gasteiger partial charge in [0.05, 0.1) is 0 Å². The number of rotatable bonds is 4. The smallest absolute Gasteiger partial charge is 0.00928 e. The highest BCUT2D eigenvalue weighted by atomic mass is 14.9. The lowest BCUT2D eigenvalue weighted by atomic mass is 10.0. The molecule has 1 heteroatoms. The van der Waals surface area contributed by atoms with E-state index in [-0.39, 0.29) is 0 Å². The van der Waals surface area contributed by atoms with Gasteiger partial charge in [0.15, 0.2) is 0 Å². The predicted octanol–water partition coefficient (Wildman–Crippen LogP) is 3.32. The standard InChI is InChI=1S/C15H23N/c1-12-6-3-4-8-14(12)10-11-16-15-9-5-7-13(15)2/h3-4,6,8,13,15-16H,5,7,9-11H2,1-2H3. The summed E-state index contributed by atoms with van der Waals surface area (Å²) in [5.74, 6) is 0.872. The largest absolute Gasteiger partial charge is 0.313 e. The number of hydrogen-bond donors (Lipinski definition) is 1. The van der Waals surface area contributed by atoms with Crippen LogP contribution in [0.5, 0.6) is 0 Å². The zero-order valence-corrected chi connectivity index (χ0v) is 10.5. The summed E-state index contributed by atoms with van der Waals surface area (Å²) in [5, 5.41) is 3.71. The summed E-state index contributed by atoms with van der Waals surface area (Å²) in [4.78, 5) is 0. The van der Waals surface area contributed by atoms with E-state index >= 15 is 0 Å². The number of aryl methyl sites for hydroxylation is 1. The van der Waals surface area contributed by atoms with E-state index in [0.717, 1.165) is 24.9 Å². The fourth-order valence-corrected chi connectivity index (χ4v) is 2.73. The third-order valence-corrected chi connectivity index (χ3v) is 3.92. The summed E-state index contributed by atoms with van der Waals surface area (Å²) in [6.07, 6.45) is 5.34. The molecule has 1 fully saturated rings. The zero-order chi connectivity index (χ0) is 11.4. The lowest BCUT2D eigenvalue weighted by molar-refractivity contribution is 0.430. The Bertz CT molecular complexity index is 332. The first kappa shape index (κ1) is 11.7. The minimum Gasteiger partial charge on any atom is -0.313 e. The lowest BCUT2D eigenvalue weighted by Gasteiger charge is -2.17. The van der Waals surface area contributed by atoms with Crippen LogP contribution < -0.4 is 5.32 Å². The minimum absolute atomic E-state index is 0.768. The van der Waals surface area contributed by atoms with Gasteiger partial charge in [-0.15, -0.1) is 0 Å². The minimum atomic E-state index is 0.768. The second-order valence-electron chi connectivity index (χ2n) is 5.15. The lowest BCUT2D eigenvalue weighted by Crippen LogP contribution is -2.32. The van der Waals surface area contributed by atoms with Gasteiger partial charge < -0.3 is 5.32 Å². The molecule has 1 aliphatic rings. The van der Waals surface area contributed by atoms with Gasteiger partial charge in [0, 0.05) is 6.04 Å². The van der Waals surface area contributed by atoms with E-state index < -0.39 is 0 Å². The second kappa shape index (κ2) is 5.49. The molecule has 0 aromatic heterocycles. The van der Waals surface area contributed by atoms with Gasteiger partial charge in [0.1, 0.15) is 0 Å². The van der Waals surface area contributed by atoms with E-state index in [1.807, 2.05) is 0 Å². The highest BCUT2D eigenvalue weighted by molar-refractivity contribution is 5.25. The van der Waals surface area contributed by atoms with E-state index in [1.165, 1.54) is 30.4 Å². The van der Waals surface area contributed by atoms with Crippen LogP contribution in [0.15, 0.2) is 24.3 Å². The summed E-state index contributed by atoms with van der Waals surface area (Å²) in [5.41, 5.74) is 2.91. The van der Waals surface area contributed by atoms with Crippen molar-refractivity contribution >= 4 is 0 Å². The van der Waals surface area contributed by atoms with E-state index in [2.05, 4.69) is 43.4 Å². The molecule has 0 spiro atoms. The highest BCUT2D eigenvalue weighted by Crippen LogP contribution is 2.24. The first-order valence-electron chi connectivity index (χ1n) is 6.55. The van der Waals surface area contributed by atoms with Crippen molar-refractivity contribution in [1.29, 1.82) is 0 Å². The molecule has 1 aromatic rings. The maximum absolute atomic E-state index is 3.71. The van der Waals surface area contributed by atoms with Crippen LogP contribution >= 0.6 is 0 Å². The summed E-state index contributed by atoms with van der Waals surface area (Å²) in [7, 11) is 0. The van der Waals surface area contributed by atoms with Crippen molar-refractivity contribution < 1.29 is 0 Å². The fraction of sp³-hybridized carbons (Fsp3) is 0.600. The molecule has 2 rings (SSSR count). The van der Waals surface area contributed by atoms with Crippen LogP contribution in [-0.2, 0) is 6.42 Å². The molecule has 16 heavy (non-hydrogen) atoms. The molecule has 0 heterocycles. The van der Waals surface area contributed by atoms with Crippen molar-refractivity contribution in [1.82, 2.24) is 5.32 Å². The van der Waals surface area contributed by atoms with E-state index in [4.69, 9.17) is 0 Å². The summed E-state index contributed by atoms with van der Waals surface area (Å²) < 4.78 is 0. The predicted molar refractivity (Wildman–Crippen MR) is 69.7 cm³/mol. The fourth-order valence-electron chi connectivity index (χ4n) is 2.73. The molecule has 2 unspecified atom stereocenters. The van der Waals surface area contributed by atoms with Crippen molar-refractivity contribution in [2.24, 2.45) is 5.92 Å². The molecule has 0 aliphatic heterocycles. The van der Waals surface area contributed by atoms with Gasteiger partial charge in [-0.3, -0.25) is 0 Å². The average Bonchev–Trinajstić information content (AvgIpc) is 2.67. The van der Waals surface area contributed by atoms with Crippen molar-refractivity contribution in [3.8, 4) is 0 Å². The Hall–Kier alpha value is -0.820. The summed E-state index contributed by atoms with van der Waals surface area (Å²) in [6.45, 7) is 5.70. The Morgan fingerprint density at radius 3 is 2.75 bits per heavy atom. The second-order valence-corrected chi connectivity index (χ2v) is 5.15. The van der Waals surface area contributed by atoms with Crippen LogP contribution in [0.4, 0.5) is 0 Å². The molecule has 1 saturated carbocycles. The molecule has 1 aliphatic carbocycles. The van der Waals surface area contributed by atoms with Gasteiger partial charge >= 0.3 is 0 Å². The van der Waals surface area contributed by atoms with E-state index in [9.17, 15) is 0 Å². The number of hydrogen-bond acceptors (Lipinski definition) is 1. The molecule has 0 bridgehead atoms. The monoisotopic (exact) mass is 217 g/mol. The molecule has 0 saturated heterocycles. The third-order valence-electron chi connectivity index (χ3n) is 3.92. The van der Waals surface area contributed by atoms with Crippen LogP contribution in [0.3, 0.4) is 0 Å². The third kappa shape index (κ3) is 2.85. The Morgan fingerprint density at radius 1 is 1.25 bits per heavy atom. The van der Waals surface area contributed by atoms with Gasteiger partial charge in [0.25, 0.3) is 0 Å². The summed E-state index contributed by atoms with van der Waals surface area (Å²) >= 11 is 0. The molecule has 1 nitrogen and oxygen atoms in total. The maximum Gasteiger partial charge on any atom is 0.00928 e. The highest BCUT2D eigenvalue weighted by Gasteiger charge is 2.22. The summed E-state index contributed by atoms with van der Waals surface area (Å²) in [6, 6.07) is 9.47. The molecule has 0 amide bonds. The zero-order valence-electron chi connectivity index (χ0n) is 10.5. The molecule has 0 radical (unpaired) electrons. The van der Waals surface area contributed by atoms with E-state index in [1.54, 1.807) is 0 Å². The Balaban J connectivity index is 1.78. The van der Waals surface area contributed by atoms with Gasteiger partial charge in [-0.2, -0.15) is 0 Å². The van der Waals surface area contributed by atoms with Gasteiger partial charge in [0.2, 0.25) is 0 Å². The molecule has 88 valence electrons. The topological polar surface area (TPSA) is 12.0 Å². The van der Waals surface area contributed by atoms with E-state index in [0.29, 0.717) is 0 Å². The normalized spacial score (nSPS) is 24.9. The molecular formula is C15H23N. The first-order chi connectivity index (χ1) is 7.77. The van der Waals surface area contributed by atoms with Crippen LogP contribution in [-0.4, -0.2) is 12.6 Å². The average molecular weight is 217 g/mol. The molecule has 2 atom stereocenters. The SMILES string of the molecule is Cc1ccccc1CCNC1CCCC1C. The van der Waals surface area contributed by atoms with Crippen molar-refractivity contribution in [2.75, 3.05) is 6.54 Å². The van der Waals surface area contributed by atoms with Crippen LogP contribution in [0.1, 0.15) is 37.3 Å². The maximum atomic E-state index is 3.71. The van der Waals surface area contributed by atoms with Crippen LogP contribution in [0, 0.1) is 12.8 Å². The number of benzene rings is 1.